The van der Waals surface area contributed by atoms with E-state index in [-0.39, 0.29) is 0 Å². The van der Waals surface area contributed by atoms with Gasteiger partial charge in [0.2, 0.25) is 0 Å². The van der Waals surface area contributed by atoms with Crippen molar-refractivity contribution in [2.75, 3.05) is 26.2 Å². The van der Waals surface area contributed by atoms with E-state index in [9.17, 15) is 0 Å². The molecule has 0 aromatic carbocycles. The summed E-state index contributed by atoms with van der Waals surface area (Å²) in [5.74, 6) is 0.586. The largest absolute Gasteiger partial charge is 0.396 e. The fraction of sp³-hybridized carbons (Fsp3) is 1.00. The molecule has 11 heavy (non-hydrogen) atoms. The van der Waals surface area contributed by atoms with Gasteiger partial charge in [0, 0.05) is 6.61 Å². The third kappa shape index (κ3) is 2.80. The highest BCUT2D eigenvalue weighted by Gasteiger charge is 2.16. The normalized spacial score (nSPS) is 22.4. The second-order valence-electron chi connectivity index (χ2n) is 3.47. The number of nitrogens with zero attached hydrogens (tertiary/aromatic N) is 1. The van der Waals surface area contributed by atoms with Crippen LogP contribution < -0.4 is 0 Å². The molecule has 2 heteroatoms. The monoisotopic (exact) mass is 157 g/mol. The number of hydrogen-bond acceptors (Lipinski definition) is 2. The molecule has 0 aromatic heterocycles. The standard InChI is InChI=1S/C9H19NO/c1-2-5-10-6-3-9(8-11)4-7-10/h9,11H,2-8H2,1H3. The molecule has 1 heterocycles. The van der Waals surface area contributed by atoms with Gasteiger partial charge in [0.15, 0.2) is 0 Å². The van der Waals surface area contributed by atoms with Crippen LogP contribution in [-0.4, -0.2) is 36.2 Å². The first-order valence-corrected chi connectivity index (χ1v) is 4.70. The van der Waals surface area contributed by atoms with E-state index in [4.69, 9.17) is 5.11 Å². The molecule has 0 unspecified atom stereocenters. The van der Waals surface area contributed by atoms with Crippen LogP contribution in [0.15, 0.2) is 0 Å². The van der Waals surface area contributed by atoms with E-state index >= 15 is 0 Å². The Hall–Kier alpha value is -0.0800. The molecule has 1 rings (SSSR count). The van der Waals surface area contributed by atoms with E-state index in [1.165, 1.54) is 38.9 Å². The summed E-state index contributed by atoms with van der Waals surface area (Å²) in [4.78, 5) is 2.49. The number of aliphatic hydroxyl groups excluding tert-OH is 1. The van der Waals surface area contributed by atoms with Crippen LogP contribution in [0.5, 0.6) is 0 Å². The summed E-state index contributed by atoms with van der Waals surface area (Å²) < 4.78 is 0. The van der Waals surface area contributed by atoms with Gasteiger partial charge >= 0.3 is 0 Å². The maximum absolute atomic E-state index is 8.89. The van der Waals surface area contributed by atoms with Crippen LogP contribution >= 0.6 is 0 Å². The van der Waals surface area contributed by atoms with Crippen molar-refractivity contribution in [1.82, 2.24) is 4.90 Å². The Morgan fingerprint density at radius 2 is 2.00 bits per heavy atom. The summed E-state index contributed by atoms with van der Waals surface area (Å²) in [5, 5.41) is 8.89. The van der Waals surface area contributed by atoms with Crippen LogP contribution in [0.1, 0.15) is 26.2 Å². The smallest absolute Gasteiger partial charge is 0.0460 e. The molecule has 1 saturated heterocycles. The molecule has 0 bridgehead atoms. The summed E-state index contributed by atoms with van der Waals surface area (Å²) in [6.45, 7) is 6.23. The molecule has 0 amide bonds. The maximum Gasteiger partial charge on any atom is 0.0460 e. The quantitative estimate of drug-likeness (QED) is 0.663. The first-order valence-electron chi connectivity index (χ1n) is 4.70. The van der Waals surface area contributed by atoms with Gasteiger partial charge < -0.3 is 10.0 Å². The minimum absolute atomic E-state index is 0.389. The second-order valence-corrected chi connectivity index (χ2v) is 3.47. The highest BCUT2D eigenvalue weighted by molar-refractivity contribution is 4.70. The summed E-state index contributed by atoms with van der Waals surface area (Å²) in [7, 11) is 0. The second kappa shape index (κ2) is 4.73. The Bertz CT molecular complexity index is 97.7. The predicted molar refractivity (Wildman–Crippen MR) is 46.5 cm³/mol. The van der Waals surface area contributed by atoms with Crippen molar-refractivity contribution in [2.24, 2.45) is 5.92 Å². The molecule has 0 radical (unpaired) electrons. The zero-order valence-electron chi connectivity index (χ0n) is 7.42. The predicted octanol–water partition coefficient (Wildman–Crippen LogP) is 1.10. The van der Waals surface area contributed by atoms with Gasteiger partial charge in [0.1, 0.15) is 0 Å². The summed E-state index contributed by atoms with van der Waals surface area (Å²) in [6.07, 6.45) is 3.64. The van der Waals surface area contributed by atoms with Crippen LogP contribution in [0, 0.1) is 5.92 Å². The van der Waals surface area contributed by atoms with Gasteiger partial charge in [0.05, 0.1) is 0 Å². The van der Waals surface area contributed by atoms with Gasteiger partial charge in [-0.1, -0.05) is 6.92 Å². The highest BCUT2D eigenvalue weighted by Crippen LogP contribution is 2.15. The Morgan fingerprint density at radius 1 is 1.36 bits per heavy atom. The van der Waals surface area contributed by atoms with Gasteiger partial charge in [-0.05, 0) is 44.8 Å². The van der Waals surface area contributed by atoms with Gasteiger partial charge in [0.25, 0.3) is 0 Å². The molecular weight excluding hydrogens is 138 g/mol. The summed E-state index contributed by atoms with van der Waals surface area (Å²) in [5.41, 5.74) is 0. The topological polar surface area (TPSA) is 23.5 Å². The van der Waals surface area contributed by atoms with E-state index in [1.54, 1.807) is 0 Å². The third-order valence-corrected chi connectivity index (χ3v) is 2.51. The van der Waals surface area contributed by atoms with Crippen molar-refractivity contribution in [2.45, 2.75) is 26.2 Å². The summed E-state index contributed by atoms with van der Waals surface area (Å²) >= 11 is 0. The molecule has 66 valence electrons. The zero-order chi connectivity index (χ0) is 8.10. The zero-order valence-corrected chi connectivity index (χ0v) is 7.42. The van der Waals surface area contributed by atoms with E-state index < -0.39 is 0 Å². The van der Waals surface area contributed by atoms with Crippen LogP contribution in [0.3, 0.4) is 0 Å². The molecule has 0 aliphatic carbocycles. The van der Waals surface area contributed by atoms with E-state index in [2.05, 4.69) is 11.8 Å². The average molecular weight is 157 g/mol. The molecule has 0 atom stereocenters. The molecule has 1 aliphatic rings. The van der Waals surface area contributed by atoms with Crippen LogP contribution in [-0.2, 0) is 0 Å². The minimum atomic E-state index is 0.389. The number of likely N-dealkylation sites (tertiary alicyclic amines) is 1. The molecule has 1 fully saturated rings. The lowest BCUT2D eigenvalue weighted by molar-refractivity contribution is 0.132. The highest BCUT2D eigenvalue weighted by atomic mass is 16.3. The van der Waals surface area contributed by atoms with Crippen molar-refractivity contribution in [1.29, 1.82) is 0 Å². The van der Waals surface area contributed by atoms with Crippen molar-refractivity contribution in [3.63, 3.8) is 0 Å². The lowest BCUT2D eigenvalue weighted by Gasteiger charge is -2.30. The van der Waals surface area contributed by atoms with E-state index in [0.717, 1.165) is 0 Å². The number of hydrogen-bond donors (Lipinski definition) is 1. The van der Waals surface area contributed by atoms with Gasteiger partial charge in [-0.15, -0.1) is 0 Å². The molecule has 2 nitrogen and oxygen atoms in total. The molecular formula is C9H19NO. The lowest BCUT2D eigenvalue weighted by Crippen LogP contribution is -2.35. The van der Waals surface area contributed by atoms with Crippen LogP contribution in [0.25, 0.3) is 0 Å². The molecule has 0 saturated carbocycles. The van der Waals surface area contributed by atoms with Crippen LogP contribution in [0.2, 0.25) is 0 Å². The number of aliphatic hydroxyl groups is 1. The van der Waals surface area contributed by atoms with Crippen LogP contribution in [0.4, 0.5) is 0 Å². The van der Waals surface area contributed by atoms with E-state index in [0.29, 0.717) is 12.5 Å². The summed E-state index contributed by atoms with van der Waals surface area (Å²) in [6, 6.07) is 0. The number of piperidine rings is 1. The lowest BCUT2D eigenvalue weighted by atomic mass is 9.98. The Morgan fingerprint density at radius 3 is 2.45 bits per heavy atom. The molecule has 0 spiro atoms. The Kier molecular flexibility index (Phi) is 3.87. The van der Waals surface area contributed by atoms with Gasteiger partial charge in [-0.3, -0.25) is 0 Å². The molecule has 0 aromatic rings. The fourth-order valence-corrected chi connectivity index (χ4v) is 1.71. The van der Waals surface area contributed by atoms with Crippen molar-refractivity contribution < 1.29 is 5.11 Å². The van der Waals surface area contributed by atoms with Crippen molar-refractivity contribution in [3.8, 4) is 0 Å². The first-order chi connectivity index (χ1) is 5.36. The molecule has 1 N–H and O–H groups in total. The Balaban J connectivity index is 2.14. The van der Waals surface area contributed by atoms with E-state index in [1.807, 2.05) is 0 Å². The number of rotatable bonds is 3. The SMILES string of the molecule is CCCN1CCC(CO)CC1. The molecule has 1 aliphatic heterocycles. The third-order valence-electron chi connectivity index (χ3n) is 2.51. The van der Waals surface area contributed by atoms with Gasteiger partial charge in [-0.2, -0.15) is 0 Å². The van der Waals surface area contributed by atoms with Crippen molar-refractivity contribution >= 4 is 0 Å². The first kappa shape index (κ1) is 9.01. The fourth-order valence-electron chi connectivity index (χ4n) is 1.71. The average Bonchev–Trinajstić information content (AvgIpc) is 2.07. The van der Waals surface area contributed by atoms with Gasteiger partial charge in [-0.25, -0.2) is 0 Å². The Labute approximate surface area is 69.2 Å². The maximum atomic E-state index is 8.89. The van der Waals surface area contributed by atoms with Crippen molar-refractivity contribution in [3.05, 3.63) is 0 Å². The minimum Gasteiger partial charge on any atom is -0.396 e.